The highest BCUT2D eigenvalue weighted by Gasteiger charge is 2.06. The predicted octanol–water partition coefficient (Wildman–Crippen LogP) is -0.0385. The molecular weight excluding hydrogens is 301 g/mol. The third-order valence-corrected chi connectivity index (χ3v) is 3.26. The summed E-state index contributed by atoms with van der Waals surface area (Å²) in [5.74, 6) is -0.218. The van der Waals surface area contributed by atoms with E-state index in [0.717, 1.165) is 5.56 Å². The Bertz CT molecular complexity index is 481. The average Bonchev–Trinajstić information content (AvgIpc) is 2.41. The Labute approximate surface area is 128 Å². The van der Waals surface area contributed by atoms with E-state index in [4.69, 9.17) is 23.2 Å². The highest BCUT2D eigenvalue weighted by Crippen LogP contribution is 2.20. The number of benzene rings is 1. The second-order valence-electron chi connectivity index (χ2n) is 4.21. The third-order valence-electron chi connectivity index (χ3n) is 2.67. The molecule has 0 aliphatic carbocycles. The number of amides is 2. The van der Waals surface area contributed by atoms with Crippen molar-refractivity contribution in [1.82, 2.24) is 10.6 Å². The molecule has 0 aliphatic rings. The molecule has 0 bridgehead atoms. The topological polar surface area (TPSA) is 74.8 Å². The Morgan fingerprint density at radius 2 is 1.90 bits per heavy atom. The van der Waals surface area contributed by atoms with Crippen LogP contribution in [-0.4, -0.2) is 38.5 Å². The number of carbonyl (C=O) groups excluding carboxylic acids is 2. The van der Waals surface area contributed by atoms with Crippen molar-refractivity contribution in [3.63, 3.8) is 0 Å². The zero-order valence-corrected chi connectivity index (χ0v) is 12.7. The summed E-state index contributed by atoms with van der Waals surface area (Å²) in [5.41, 5.74) is 0.936. The lowest BCUT2D eigenvalue weighted by Crippen LogP contribution is -2.88. The first kappa shape index (κ1) is 16.8. The van der Waals surface area contributed by atoms with Crippen molar-refractivity contribution < 1.29 is 14.9 Å². The van der Waals surface area contributed by atoms with E-state index in [2.05, 4.69) is 10.6 Å². The highest BCUT2D eigenvalue weighted by atomic mass is 35.5. The van der Waals surface area contributed by atoms with Gasteiger partial charge in [-0.05, 0) is 24.1 Å². The minimum atomic E-state index is -0.112. The van der Waals surface area contributed by atoms with E-state index >= 15 is 0 Å². The molecule has 4 N–H and O–H groups in total. The van der Waals surface area contributed by atoms with Crippen molar-refractivity contribution in [2.45, 2.75) is 6.42 Å². The van der Waals surface area contributed by atoms with Crippen LogP contribution in [0.25, 0.3) is 0 Å². The maximum absolute atomic E-state index is 11.5. The fourth-order valence-corrected chi connectivity index (χ4v) is 2.07. The van der Waals surface area contributed by atoms with Crippen LogP contribution in [0.1, 0.15) is 5.56 Å². The van der Waals surface area contributed by atoms with Gasteiger partial charge >= 0.3 is 0 Å². The Hall–Kier alpha value is -1.30. The van der Waals surface area contributed by atoms with Gasteiger partial charge < -0.3 is 16.0 Å². The normalized spacial score (nSPS) is 10.2. The predicted molar refractivity (Wildman–Crippen MR) is 78.9 cm³/mol. The highest BCUT2D eigenvalue weighted by molar-refractivity contribution is 6.35. The molecule has 0 atom stereocenters. The first-order valence-electron chi connectivity index (χ1n) is 6.25. The summed E-state index contributed by atoms with van der Waals surface area (Å²) in [6.07, 6.45) is 0.636. The largest absolute Gasteiger partial charge is 0.354 e. The Balaban J connectivity index is 2.23. The van der Waals surface area contributed by atoms with Gasteiger partial charge in [0.15, 0.2) is 13.1 Å². The summed E-state index contributed by atoms with van der Waals surface area (Å²) in [6.45, 7) is 0.961. The number of quaternary nitrogens is 1. The van der Waals surface area contributed by atoms with Gasteiger partial charge in [-0.15, -0.1) is 0 Å². The van der Waals surface area contributed by atoms with Crippen LogP contribution in [0.5, 0.6) is 0 Å². The summed E-state index contributed by atoms with van der Waals surface area (Å²) >= 11 is 11.8. The molecule has 0 aromatic heterocycles. The van der Waals surface area contributed by atoms with Gasteiger partial charge in [0.1, 0.15) is 0 Å². The molecule has 0 spiro atoms. The second-order valence-corrected chi connectivity index (χ2v) is 5.05. The lowest BCUT2D eigenvalue weighted by molar-refractivity contribution is -0.633. The molecule has 110 valence electrons. The molecule has 0 fully saturated rings. The lowest BCUT2D eigenvalue weighted by Gasteiger charge is -2.06. The smallest absolute Gasteiger partial charge is 0.275 e. The Morgan fingerprint density at radius 1 is 1.20 bits per heavy atom. The first-order chi connectivity index (χ1) is 9.52. The average molecular weight is 319 g/mol. The van der Waals surface area contributed by atoms with Gasteiger partial charge in [0.2, 0.25) is 0 Å². The van der Waals surface area contributed by atoms with Crippen LogP contribution in [0, 0.1) is 0 Å². The van der Waals surface area contributed by atoms with Crippen molar-refractivity contribution in [3.05, 3.63) is 33.8 Å². The number of nitrogens with one attached hydrogen (secondary N) is 2. The van der Waals surface area contributed by atoms with Crippen LogP contribution < -0.4 is 16.0 Å². The van der Waals surface area contributed by atoms with Gasteiger partial charge in [0, 0.05) is 23.6 Å². The van der Waals surface area contributed by atoms with Crippen molar-refractivity contribution in [1.29, 1.82) is 0 Å². The van der Waals surface area contributed by atoms with E-state index in [-0.39, 0.29) is 24.9 Å². The van der Waals surface area contributed by atoms with Crippen LogP contribution in [0.3, 0.4) is 0 Å². The fourth-order valence-electron chi connectivity index (χ4n) is 1.57. The lowest BCUT2D eigenvalue weighted by atomic mass is 10.1. The van der Waals surface area contributed by atoms with Gasteiger partial charge in [0.25, 0.3) is 11.8 Å². The Morgan fingerprint density at radius 3 is 2.55 bits per heavy atom. The summed E-state index contributed by atoms with van der Waals surface area (Å²) in [4.78, 5) is 22.5. The summed E-state index contributed by atoms with van der Waals surface area (Å²) in [6, 6.07) is 5.29. The summed E-state index contributed by atoms with van der Waals surface area (Å²) in [5, 5.41) is 8.09. The molecule has 2 amide bonds. The zero-order chi connectivity index (χ0) is 15.0. The second kappa shape index (κ2) is 8.79. The molecule has 5 nitrogen and oxygen atoms in total. The molecule has 0 saturated heterocycles. The van der Waals surface area contributed by atoms with Crippen LogP contribution in [0.4, 0.5) is 0 Å². The molecular formula is C13H18Cl2N3O2+. The van der Waals surface area contributed by atoms with Crippen LogP contribution in [0.2, 0.25) is 10.0 Å². The van der Waals surface area contributed by atoms with Crippen LogP contribution in [-0.2, 0) is 16.0 Å². The standard InChI is InChI=1S/C13H17Cl2N3O2/c1-16-12(19)7-17-8-13(20)18-5-4-9-2-3-10(14)6-11(9)15/h2-3,6,17H,4-5,7-8H2,1H3,(H,16,19)(H,18,20)/p+1. The molecule has 0 saturated carbocycles. The van der Waals surface area contributed by atoms with Gasteiger partial charge in [-0.25, -0.2) is 0 Å². The molecule has 1 aromatic rings. The van der Waals surface area contributed by atoms with Crippen LogP contribution in [0.15, 0.2) is 18.2 Å². The molecule has 7 heteroatoms. The van der Waals surface area contributed by atoms with E-state index in [9.17, 15) is 9.59 Å². The van der Waals surface area contributed by atoms with E-state index in [1.54, 1.807) is 24.5 Å². The van der Waals surface area contributed by atoms with Crippen LogP contribution >= 0.6 is 23.2 Å². The maximum Gasteiger partial charge on any atom is 0.275 e. The molecule has 0 heterocycles. The monoisotopic (exact) mass is 318 g/mol. The molecule has 20 heavy (non-hydrogen) atoms. The van der Waals surface area contributed by atoms with Crippen molar-refractivity contribution >= 4 is 35.0 Å². The summed E-state index contributed by atoms with van der Waals surface area (Å²) in [7, 11) is 1.56. The van der Waals surface area contributed by atoms with E-state index in [1.807, 2.05) is 6.07 Å². The quantitative estimate of drug-likeness (QED) is 0.660. The number of carbonyl (C=O) groups is 2. The van der Waals surface area contributed by atoms with E-state index < -0.39 is 0 Å². The number of rotatable bonds is 7. The summed E-state index contributed by atoms with van der Waals surface area (Å²) < 4.78 is 0. The SMILES string of the molecule is CNC(=O)C[NH2+]CC(=O)NCCc1ccc(Cl)cc1Cl. The first-order valence-corrected chi connectivity index (χ1v) is 7.01. The number of nitrogens with two attached hydrogens (primary N) is 1. The van der Waals surface area contributed by atoms with Gasteiger partial charge in [-0.3, -0.25) is 9.59 Å². The minimum absolute atomic E-state index is 0.106. The minimum Gasteiger partial charge on any atom is -0.354 e. The number of halogens is 2. The Kier molecular flexibility index (Phi) is 7.36. The molecule has 1 aromatic carbocycles. The molecule has 0 radical (unpaired) electrons. The fraction of sp³-hybridized carbons (Fsp3) is 0.385. The van der Waals surface area contributed by atoms with Crippen molar-refractivity contribution in [3.8, 4) is 0 Å². The molecule has 0 aliphatic heterocycles. The van der Waals surface area contributed by atoms with Crippen molar-refractivity contribution in [2.75, 3.05) is 26.7 Å². The van der Waals surface area contributed by atoms with Crippen molar-refractivity contribution in [2.24, 2.45) is 0 Å². The number of hydrogen-bond acceptors (Lipinski definition) is 2. The number of hydrogen-bond donors (Lipinski definition) is 3. The number of likely N-dealkylation sites (N-methyl/N-ethyl adjacent to an activating group) is 1. The molecule has 0 unspecified atom stereocenters. The van der Waals surface area contributed by atoms with Gasteiger partial charge in [-0.1, -0.05) is 29.3 Å². The van der Waals surface area contributed by atoms with Gasteiger partial charge in [-0.2, -0.15) is 0 Å². The van der Waals surface area contributed by atoms with E-state index in [0.29, 0.717) is 23.0 Å². The maximum atomic E-state index is 11.5. The van der Waals surface area contributed by atoms with Gasteiger partial charge in [0.05, 0.1) is 0 Å². The third kappa shape index (κ3) is 6.23. The molecule has 1 rings (SSSR count). The zero-order valence-electron chi connectivity index (χ0n) is 11.2. The van der Waals surface area contributed by atoms with E-state index in [1.165, 1.54) is 0 Å².